The number of amides is 1. The molecule has 7 heteroatoms. The maximum atomic E-state index is 13.2. The zero-order chi connectivity index (χ0) is 19.9. The largest absolute Gasteiger partial charge is 0.496 e. The summed E-state index contributed by atoms with van der Waals surface area (Å²) >= 11 is 1.33. The van der Waals surface area contributed by atoms with Crippen molar-refractivity contribution in [2.45, 2.75) is 26.2 Å². The van der Waals surface area contributed by atoms with Crippen LogP contribution in [0.25, 0.3) is 10.6 Å². The molecule has 0 atom stereocenters. The monoisotopic (exact) mass is 399 g/mol. The molecule has 0 saturated carbocycles. The lowest BCUT2D eigenvalue weighted by atomic mass is 10.1. The zero-order valence-corrected chi connectivity index (χ0v) is 16.7. The first-order valence-electron chi connectivity index (χ1n) is 9.14. The number of hydrogen-bond donors (Lipinski definition) is 0. The standard InChI is InChI=1S/C21H22FN3O2S/c1-3-4-13-25(19(26)14-16-7-5-6-8-18(16)27-2)21-24-23-20(28-21)15-9-11-17(22)12-10-15/h5-12H,3-4,13-14H2,1-2H3. The number of nitrogens with zero attached hydrogens (tertiary/aromatic N) is 3. The van der Waals surface area contributed by atoms with Crippen LogP contribution in [0.3, 0.4) is 0 Å². The van der Waals surface area contributed by atoms with Crippen LogP contribution in [0.15, 0.2) is 48.5 Å². The Morgan fingerprint density at radius 1 is 1.14 bits per heavy atom. The number of carbonyl (C=O) groups excluding carboxylic acids is 1. The molecule has 0 saturated heterocycles. The average molecular weight is 399 g/mol. The summed E-state index contributed by atoms with van der Waals surface area (Å²) in [5.74, 6) is 0.334. The SMILES string of the molecule is CCCCN(C(=O)Cc1ccccc1OC)c1nnc(-c2ccc(F)cc2)s1. The molecule has 0 aliphatic carbocycles. The number of aromatic nitrogens is 2. The molecule has 28 heavy (non-hydrogen) atoms. The smallest absolute Gasteiger partial charge is 0.233 e. The van der Waals surface area contributed by atoms with Gasteiger partial charge in [0, 0.05) is 17.7 Å². The highest BCUT2D eigenvalue weighted by Crippen LogP contribution is 2.30. The molecule has 3 aromatic rings. The highest BCUT2D eigenvalue weighted by Gasteiger charge is 2.21. The van der Waals surface area contributed by atoms with Crippen LogP contribution in [0.4, 0.5) is 9.52 Å². The molecule has 0 spiro atoms. The highest BCUT2D eigenvalue weighted by molar-refractivity contribution is 7.18. The third-order valence-electron chi connectivity index (χ3n) is 4.31. The van der Waals surface area contributed by atoms with Crippen molar-refractivity contribution in [3.63, 3.8) is 0 Å². The lowest BCUT2D eigenvalue weighted by Crippen LogP contribution is -2.33. The van der Waals surface area contributed by atoms with Gasteiger partial charge in [0.15, 0.2) is 0 Å². The molecule has 0 N–H and O–H groups in total. The molecule has 146 valence electrons. The molecule has 1 amide bonds. The van der Waals surface area contributed by atoms with Gasteiger partial charge in [0.1, 0.15) is 16.6 Å². The Hall–Kier alpha value is -2.80. The number of halogens is 1. The molecule has 0 aliphatic rings. The van der Waals surface area contributed by atoms with Gasteiger partial charge in [0.25, 0.3) is 0 Å². The Labute approximate surface area is 167 Å². The maximum absolute atomic E-state index is 13.2. The topological polar surface area (TPSA) is 55.3 Å². The van der Waals surface area contributed by atoms with E-state index in [1.807, 2.05) is 24.3 Å². The van der Waals surface area contributed by atoms with Gasteiger partial charge in [-0.15, -0.1) is 10.2 Å². The van der Waals surface area contributed by atoms with Crippen LogP contribution in [0.5, 0.6) is 5.75 Å². The van der Waals surface area contributed by atoms with E-state index in [1.165, 1.54) is 23.5 Å². The Morgan fingerprint density at radius 3 is 2.61 bits per heavy atom. The molecular formula is C21H22FN3O2S. The predicted octanol–water partition coefficient (Wildman–Crippen LogP) is 4.73. The van der Waals surface area contributed by atoms with Crippen LogP contribution in [-0.4, -0.2) is 29.8 Å². The van der Waals surface area contributed by atoms with Crippen LogP contribution in [-0.2, 0) is 11.2 Å². The van der Waals surface area contributed by atoms with Crippen molar-refractivity contribution in [3.05, 3.63) is 59.9 Å². The zero-order valence-electron chi connectivity index (χ0n) is 15.9. The van der Waals surface area contributed by atoms with E-state index in [1.54, 1.807) is 24.1 Å². The number of carbonyl (C=O) groups is 1. The van der Waals surface area contributed by atoms with Crippen molar-refractivity contribution < 1.29 is 13.9 Å². The lowest BCUT2D eigenvalue weighted by molar-refractivity contribution is -0.118. The normalized spacial score (nSPS) is 10.7. The summed E-state index contributed by atoms with van der Waals surface area (Å²) in [4.78, 5) is 14.7. The number of methoxy groups -OCH3 is 1. The fourth-order valence-electron chi connectivity index (χ4n) is 2.78. The van der Waals surface area contributed by atoms with Crippen LogP contribution in [0.2, 0.25) is 0 Å². The van der Waals surface area contributed by atoms with E-state index < -0.39 is 0 Å². The summed E-state index contributed by atoms with van der Waals surface area (Å²) < 4.78 is 18.5. The Balaban J connectivity index is 1.83. The first kappa shape index (κ1) is 19.9. The molecular weight excluding hydrogens is 377 g/mol. The number of anilines is 1. The van der Waals surface area contributed by atoms with E-state index in [0.717, 1.165) is 24.0 Å². The molecule has 3 rings (SSSR count). The fourth-order valence-corrected chi connectivity index (χ4v) is 3.68. The summed E-state index contributed by atoms with van der Waals surface area (Å²) in [6, 6.07) is 13.6. The minimum absolute atomic E-state index is 0.0558. The molecule has 2 aromatic carbocycles. The number of para-hydroxylation sites is 1. The van der Waals surface area contributed by atoms with E-state index in [2.05, 4.69) is 17.1 Å². The lowest BCUT2D eigenvalue weighted by Gasteiger charge is -2.19. The van der Waals surface area contributed by atoms with E-state index in [4.69, 9.17) is 4.74 Å². The van der Waals surface area contributed by atoms with Gasteiger partial charge in [-0.3, -0.25) is 9.69 Å². The van der Waals surface area contributed by atoms with Crippen LogP contribution < -0.4 is 9.64 Å². The number of rotatable bonds is 8. The fraction of sp³-hybridized carbons (Fsp3) is 0.286. The number of hydrogen-bond acceptors (Lipinski definition) is 5. The third kappa shape index (κ3) is 4.72. The summed E-state index contributed by atoms with van der Waals surface area (Å²) in [6.07, 6.45) is 2.05. The average Bonchev–Trinajstić information content (AvgIpc) is 3.19. The Kier molecular flexibility index (Phi) is 6.71. The van der Waals surface area contributed by atoms with E-state index >= 15 is 0 Å². The van der Waals surface area contributed by atoms with Crippen molar-refractivity contribution in [2.75, 3.05) is 18.6 Å². The van der Waals surface area contributed by atoms with Crippen molar-refractivity contribution in [2.24, 2.45) is 0 Å². The van der Waals surface area contributed by atoms with Gasteiger partial charge in [-0.25, -0.2) is 4.39 Å². The first-order valence-corrected chi connectivity index (χ1v) is 9.95. The van der Waals surface area contributed by atoms with Gasteiger partial charge in [0.2, 0.25) is 11.0 Å². The number of ether oxygens (including phenoxy) is 1. The minimum Gasteiger partial charge on any atom is -0.496 e. The van der Waals surface area contributed by atoms with E-state index in [0.29, 0.717) is 22.4 Å². The van der Waals surface area contributed by atoms with Gasteiger partial charge < -0.3 is 4.74 Å². The van der Waals surface area contributed by atoms with Crippen molar-refractivity contribution in [3.8, 4) is 16.3 Å². The molecule has 1 aromatic heterocycles. The maximum Gasteiger partial charge on any atom is 0.233 e. The number of benzene rings is 2. The molecule has 0 unspecified atom stereocenters. The second kappa shape index (κ2) is 9.41. The van der Waals surface area contributed by atoms with Crippen molar-refractivity contribution in [1.29, 1.82) is 0 Å². The summed E-state index contributed by atoms with van der Waals surface area (Å²) in [5, 5.41) is 9.62. The molecule has 0 bridgehead atoms. The van der Waals surface area contributed by atoms with E-state index in [-0.39, 0.29) is 18.1 Å². The first-order chi connectivity index (χ1) is 13.6. The van der Waals surface area contributed by atoms with Gasteiger partial charge in [-0.1, -0.05) is 42.9 Å². The van der Waals surface area contributed by atoms with Crippen molar-refractivity contribution in [1.82, 2.24) is 10.2 Å². The van der Waals surface area contributed by atoms with Gasteiger partial charge in [-0.2, -0.15) is 0 Å². The Bertz CT molecular complexity index is 927. The number of unbranched alkanes of at least 4 members (excludes halogenated alkanes) is 1. The van der Waals surface area contributed by atoms with Crippen LogP contribution in [0.1, 0.15) is 25.3 Å². The van der Waals surface area contributed by atoms with Gasteiger partial charge in [0.05, 0.1) is 13.5 Å². The molecule has 1 heterocycles. The second-order valence-corrected chi connectivity index (χ2v) is 7.24. The quantitative estimate of drug-likeness (QED) is 0.550. The summed E-state index contributed by atoms with van der Waals surface area (Å²) in [7, 11) is 1.60. The second-order valence-electron chi connectivity index (χ2n) is 6.28. The predicted molar refractivity (Wildman–Crippen MR) is 109 cm³/mol. The summed E-state index contributed by atoms with van der Waals surface area (Å²) in [6.45, 7) is 2.65. The van der Waals surface area contributed by atoms with Crippen molar-refractivity contribution >= 4 is 22.4 Å². The van der Waals surface area contributed by atoms with Gasteiger partial charge in [-0.05, 0) is 36.8 Å². The van der Waals surface area contributed by atoms with Gasteiger partial charge >= 0.3 is 0 Å². The molecule has 0 radical (unpaired) electrons. The summed E-state index contributed by atoms with van der Waals surface area (Å²) in [5.41, 5.74) is 1.61. The minimum atomic E-state index is -0.301. The highest BCUT2D eigenvalue weighted by atomic mass is 32.1. The molecule has 0 fully saturated rings. The molecule has 5 nitrogen and oxygen atoms in total. The molecule has 0 aliphatic heterocycles. The van der Waals surface area contributed by atoms with E-state index in [9.17, 15) is 9.18 Å². The third-order valence-corrected chi connectivity index (χ3v) is 5.30. The van der Waals surface area contributed by atoms with Crippen LogP contribution in [0, 0.1) is 5.82 Å². The van der Waals surface area contributed by atoms with Crippen LogP contribution >= 0.6 is 11.3 Å². The Morgan fingerprint density at radius 2 is 1.89 bits per heavy atom.